The fourth-order valence-electron chi connectivity index (χ4n) is 4.65. The molecule has 0 unspecified atom stereocenters. The molecule has 2 aromatic carbocycles. The summed E-state index contributed by atoms with van der Waals surface area (Å²) in [6.45, 7) is 12.3. The molecule has 3 rings (SSSR count). The molecule has 2 aromatic rings. The molecule has 0 radical (unpaired) electrons. The fraction of sp³-hybridized carbons (Fsp3) is 0.484. The lowest BCUT2D eigenvalue weighted by atomic mass is 9.85. The number of nitrogens with zero attached hydrogens (tertiary/aromatic N) is 2. The number of aliphatic hydroxyl groups excluding tert-OH is 1. The molecule has 6 heteroatoms. The second-order valence-corrected chi connectivity index (χ2v) is 11.2. The number of ether oxygens (including phenoxy) is 1. The lowest BCUT2D eigenvalue weighted by molar-refractivity contribution is -0.139. The molecule has 0 spiro atoms. The minimum atomic E-state index is -0.644. The molecule has 0 saturated carbocycles. The van der Waals surface area contributed by atoms with Gasteiger partial charge < -0.3 is 19.6 Å². The van der Waals surface area contributed by atoms with Gasteiger partial charge in [0.25, 0.3) is 11.7 Å². The summed E-state index contributed by atoms with van der Waals surface area (Å²) in [5.74, 6) is -0.630. The van der Waals surface area contributed by atoms with E-state index in [-0.39, 0.29) is 16.7 Å². The van der Waals surface area contributed by atoms with E-state index in [0.29, 0.717) is 18.7 Å². The molecular formula is C31H42N2O4. The van der Waals surface area contributed by atoms with Crippen molar-refractivity contribution in [1.29, 1.82) is 0 Å². The first-order valence-corrected chi connectivity index (χ1v) is 13.2. The number of likely N-dealkylation sites (tertiary alicyclic amines) is 1. The first kappa shape index (κ1) is 28.5. The molecule has 1 N–H and O–H groups in total. The molecule has 37 heavy (non-hydrogen) atoms. The number of benzene rings is 2. The molecular weight excluding hydrogens is 464 g/mol. The van der Waals surface area contributed by atoms with Gasteiger partial charge in [-0.15, -0.1) is 0 Å². The largest absolute Gasteiger partial charge is 0.507 e. The number of unbranched alkanes of at least 4 members (excludes halogenated alkanes) is 1. The highest BCUT2D eigenvalue weighted by Crippen LogP contribution is 2.40. The topological polar surface area (TPSA) is 70.1 Å². The average Bonchev–Trinajstić information content (AvgIpc) is 3.08. The van der Waals surface area contributed by atoms with Gasteiger partial charge in [-0.2, -0.15) is 0 Å². The van der Waals surface area contributed by atoms with Gasteiger partial charge in [0.1, 0.15) is 11.5 Å². The first-order chi connectivity index (χ1) is 17.5. The number of Topliss-reactive ketones (excluding diaryl/α,β-unsaturated/α-hetero) is 1. The van der Waals surface area contributed by atoms with Gasteiger partial charge >= 0.3 is 0 Å². The Bertz CT molecular complexity index is 1140. The Kier molecular flexibility index (Phi) is 9.19. The van der Waals surface area contributed by atoms with E-state index < -0.39 is 17.7 Å². The normalized spacial score (nSPS) is 17.6. The number of ketones is 1. The maximum absolute atomic E-state index is 13.3. The Hall–Kier alpha value is -3.12. The van der Waals surface area contributed by atoms with Crippen LogP contribution in [0, 0.1) is 6.92 Å². The molecule has 0 bridgehead atoms. The summed E-state index contributed by atoms with van der Waals surface area (Å²) in [4.78, 5) is 30.2. The van der Waals surface area contributed by atoms with Gasteiger partial charge in [-0.05, 0) is 80.7 Å². The van der Waals surface area contributed by atoms with E-state index in [0.717, 1.165) is 48.2 Å². The quantitative estimate of drug-likeness (QED) is 0.190. The maximum Gasteiger partial charge on any atom is 0.295 e. The fourth-order valence-corrected chi connectivity index (χ4v) is 4.65. The van der Waals surface area contributed by atoms with Gasteiger partial charge in [-0.3, -0.25) is 9.59 Å². The first-order valence-electron chi connectivity index (χ1n) is 13.2. The highest BCUT2D eigenvalue weighted by molar-refractivity contribution is 6.46. The number of aliphatic hydroxyl groups is 1. The summed E-state index contributed by atoms with van der Waals surface area (Å²) < 4.78 is 5.80. The highest BCUT2D eigenvalue weighted by atomic mass is 16.5. The third-order valence-electron chi connectivity index (χ3n) is 6.86. The lowest BCUT2D eigenvalue weighted by Gasteiger charge is -2.27. The van der Waals surface area contributed by atoms with Crippen molar-refractivity contribution in [2.24, 2.45) is 0 Å². The van der Waals surface area contributed by atoms with Crippen molar-refractivity contribution in [3.63, 3.8) is 0 Å². The number of aryl methyl sites for hydroxylation is 1. The zero-order valence-electron chi connectivity index (χ0n) is 23.4. The number of carbonyl (C=O) groups excluding carboxylic acids is 2. The minimum absolute atomic E-state index is 0.0237. The van der Waals surface area contributed by atoms with Crippen LogP contribution in [0.5, 0.6) is 5.75 Å². The van der Waals surface area contributed by atoms with Crippen LogP contribution in [0.25, 0.3) is 5.76 Å². The zero-order valence-corrected chi connectivity index (χ0v) is 23.4. The van der Waals surface area contributed by atoms with Gasteiger partial charge in [0, 0.05) is 12.1 Å². The van der Waals surface area contributed by atoms with Crippen LogP contribution in [0.15, 0.2) is 48.0 Å². The summed E-state index contributed by atoms with van der Waals surface area (Å²) >= 11 is 0. The summed E-state index contributed by atoms with van der Waals surface area (Å²) in [6, 6.07) is 12.8. The van der Waals surface area contributed by atoms with Crippen molar-refractivity contribution in [3.8, 4) is 5.75 Å². The molecule has 6 nitrogen and oxygen atoms in total. The molecule has 1 aliphatic rings. The Morgan fingerprint density at radius 2 is 1.73 bits per heavy atom. The van der Waals surface area contributed by atoms with Crippen molar-refractivity contribution < 1.29 is 19.4 Å². The molecule has 1 amide bonds. The van der Waals surface area contributed by atoms with Crippen molar-refractivity contribution in [2.75, 3.05) is 33.8 Å². The molecule has 1 atom stereocenters. The lowest BCUT2D eigenvalue weighted by Crippen LogP contribution is -2.32. The molecule has 1 fully saturated rings. The van der Waals surface area contributed by atoms with E-state index in [9.17, 15) is 14.7 Å². The van der Waals surface area contributed by atoms with Crippen molar-refractivity contribution >= 4 is 17.4 Å². The predicted molar refractivity (Wildman–Crippen MR) is 149 cm³/mol. The number of rotatable bonds is 10. The third-order valence-corrected chi connectivity index (χ3v) is 6.86. The van der Waals surface area contributed by atoms with Gasteiger partial charge in [-0.1, -0.05) is 58.4 Å². The van der Waals surface area contributed by atoms with Crippen LogP contribution in [-0.4, -0.2) is 60.4 Å². The smallest absolute Gasteiger partial charge is 0.295 e. The molecule has 1 heterocycles. The number of hydrogen-bond donors (Lipinski definition) is 1. The van der Waals surface area contributed by atoms with Crippen LogP contribution >= 0.6 is 0 Å². The summed E-state index contributed by atoms with van der Waals surface area (Å²) in [5, 5.41) is 11.5. The van der Waals surface area contributed by atoms with E-state index in [4.69, 9.17) is 4.74 Å². The zero-order chi connectivity index (χ0) is 27.3. The SMILES string of the molecule is CCCCOc1ccc(/C(O)=C2\C(=O)C(=O)N(CCCN(C)C)[C@H]2c2ccc(C(C)(C)C)cc2)c(C)c1. The Labute approximate surface area is 221 Å². The molecule has 200 valence electrons. The highest BCUT2D eigenvalue weighted by Gasteiger charge is 2.46. The maximum atomic E-state index is 13.3. The second kappa shape index (κ2) is 12.0. The summed E-state index contributed by atoms with van der Waals surface area (Å²) in [7, 11) is 3.96. The summed E-state index contributed by atoms with van der Waals surface area (Å²) in [6.07, 6.45) is 2.73. The van der Waals surface area contributed by atoms with E-state index in [1.54, 1.807) is 17.0 Å². The van der Waals surface area contributed by atoms with Crippen molar-refractivity contribution in [3.05, 3.63) is 70.3 Å². The van der Waals surface area contributed by atoms with Crippen molar-refractivity contribution in [2.45, 2.75) is 65.3 Å². The van der Waals surface area contributed by atoms with Crippen LogP contribution in [0.3, 0.4) is 0 Å². The standard InChI is InChI=1S/C31H42N2O4/c1-8-9-19-37-24-15-16-25(21(2)20-24)28(34)26-27(22-11-13-23(14-12-22)31(3,4)5)33(30(36)29(26)35)18-10-17-32(6)7/h11-16,20,27,34H,8-10,17-19H2,1-7H3/b28-26+/t27-/m0/s1. The van der Waals surface area contributed by atoms with Crippen LogP contribution in [0.4, 0.5) is 0 Å². The van der Waals surface area contributed by atoms with Crippen molar-refractivity contribution in [1.82, 2.24) is 9.80 Å². The Morgan fingerprint density at radius 1 is 1.05 bits per heavy atom. The molecule has 0 aliphatic carbocycles. The van der Waals surface area contributed by atoms with Gasteiger partial charge in [0.05, 0.1) is 18.2 Å². The molecule has 0 aromatic heterocycles. The monoisotopic (exact) mass is 506 g/mol. The molecule has 1 aliphatic heterocycles. The predicted octanol–water partition coefficient (Wildman–Crippen LogP) is 5.84. The Morgan fingerprint density at radius 3 is 2.30 bits per heavy atom. The van der Waals surface area contributed by atoms with E-state index in [2.05, 4.69) is 32.6 Å². The van der Waals surface area contributed by atoms with Crippen LogP contribution in [0.1, 0.15) is 75.3 Å². The summed E-state index contributed by atoms with van der Waals surface area (Å²) in [5.41, 5.74) is 3.41. The van der Waals surface area contributed by atoms with Crippen LogP contribution in [0.2, 0.25) is 0 Å². The van der Waals surface area contributed by atoms with E-state index in [1.165, 1.54) is 0 Å². The van der Waals surface area contributed by atoms with Gasteiger partial charge in [-0.25, -0.2) is 0 Å². The number of hydrogen-bond acceptors (Lipinski definition) is 5. The van der Waals surface area contributed by atoms with Gasteiger partial charge in [0.2, 0.25) is 0 Å². The third kappa shape index (κ3) is 6.61. The van der Waals surface area contributed by atoms with Crippen LogP contribution in [-0.2, 0) is 15.0 Å². The van der Waals surface area contributed by atoms with E-state index >= 15 is 0 Å². The van der Waals surface area contributed by atoms with E-state index in [1.807, 2.05) is 51.4 Å². The minimum Gasteiger partial charge on any atom is -0.507 e. The van der Waals surface area contributed by atoms with Crippen LogP contribution < -0.4 is 4.74 Å². The number of amides is 1. The number of carbonyl (C=O) groups is 2. The Balaban J connectivity index is 2.06. The average molecular weight is 507 g/mol. The second-order valence-electron chi connectivity index (χ2n) is 11.2. The van der Waals surface area contributed by atoms with Gasteiger partial charge in [0.15, 0.2) is 0 Å². The molecule has 1 saturated heterocycles.